The van der Waals surface area contributed by atoms with Crippen LogP contribution in [0.25, 0.3) is 5.69 Å². The fraction of sp³-hybridized carbons (Fsp3) is 0.273. The van der Waals surface area contributed by atoms with Crippen LogP contribution in [0.15, 0.2) is 41.2 Å². The van der Waals surface area contributed by atoms with Crippen molar-refractivity contribution in [3.8, 4) is 28.8 Å². The lowest BCUT2D eigenvalue weighted by atomic mass is 9.90. The van der Waals surface area contributed by atoms with E-state index in [1.807, 2.05) is 29.6 Å². The average Bonchev–Trinajstić information content (AvgIpc) is 2.78. The molecular weight excluding hydrogens is 418 g/mol. The second-order valence-corrected chi connectivity index (χ2v) is 7.55. The Balaban J connectivity index is 1.95. The van der Waals surface area contributed by atoms with E-state index in [0.29, 0.717) is 22.9 Å². The van der Waals surface area contributed by atoms with Gasteiger partial charge >= 0.3 is 0 Å². The highest BCUT2D eigenvalue weighted by Crippen LogP contribution is 2.37. The van der Waals surface area contributed by atoms with Crippen LogP contribution in [-0.4, -0.2) is 42.5 Å². The fourth-order valence-corrected chi connectivity index (χ4v) is 4.38. The minimum absolute atomic E-state index is 0.0825. The molecule has 1 aliphatic heterocycles. The summed E-state index contributed by atoms with van der Waals surface area (Å²) in [5, 5.41) is 13.3. The molecule has 1 aromatic heterocycles. The van der Waals surface area contributed by atoms with Gasteiger partial charge in [-0.3, -0.25) is 14.3 Å². The van der Waals surface area contributed by atoms with E-state index in [0.717, 1.165) is 24.1 Å². The molecule has 2 aromatic carbocycles. The van der Waals surface area contributed by atoms with E-state index in [1.165, 1.54) is 11.7 Å². The molecule has 8 nitrogen and oxygen atoms in total. The third kappa shape index (κ3) is 3.55. The number of H-pyrrole nitrogens is 1. The third-order valence-corrected chi connectivity index (χ3v) is 5.84. The van der Waals surface area contributed by atoms with Gasteiger partial charge in [0.1, 0.15) is 17.4 Å². The lowest BCUT2D eigenvalue weighted by molar-refractivity contribution is -0.690. The number of aromatic hydroxyl groups is 1. The van der Waals surface area contributed by atoms with Crippen molar-refractivity contribution < 1.29 is 24.6 Å². The van der Waals surface area contributed by atoms with E-state index in [4.69, 9.17) is 26.4 Å². The lowest BCUT2D eigenvalue weighted by Crippen LogP contribution is -2.87. The maximum atomic E-state index is 13.0. The molecule has 0 unspecified atom stereocenters. The highest BCUT2D eigenvalue weighted by atomic mass is 32.1. The molecular formula is C22H24N3O5S+. The van der Waals surface area contributed by atoms with Crippen LogP contribution in [0.5, 0.6) is 23.1 Å². The number of quaternary nitrogens is 1. The summed E-state index contributed by atoms with van der Waals surface area (Å²) in [6, 6.07) is 10.5. The van der Waals surface area contributed by atoms with E-state index >= 15 is 0 Å². The summed E-state index contributed by atoms with van der Waals surface area (Å²) < 4.78 is 17.8. The topological polar surface area (TPSA) is 102 Å². The summed E-state index contributed by atoms with van der Waals surface area (Å²) in [6.07, 6.45) is 0.802. The zero-order chi connectivity index (χ0) is 22.1. The van der Waals surface area contributed by atoms with Crippen LogP contribution in [0.3, 0.4) is 0 Å². The first-order valence-electron chi connectivity index (χ1n) is 9.79. The van der Waals surface area contributed by atoms with Gasteiger partial charge in [-0.2, -0.15) is 0 Å². The van der Waals surface area contributed by atoms with Crippen molar-refractivity contribution >= 4 is 12.2 Å². The highest BCUT2D eigenvalue weighted by Gasteiger charge is 2.33. The molecule has 0 fully saturated rings. The number of aromatic amines is 1. The van der Waals surface area contributed by atoms with Gasteiger partial charge in [-0.05, 0) is 42.0 Å². The van der Waals surface area contributed by atoms with Gasteiger partial charge in [0.15, 0.2) is 16.3 Å². The number of aromatic nitrogens is 2. The third-order valence-electron chi connectivity index (χ3n) is 5.55. The van der Waals surface area contributed by atoms with Crippen molar-refractivity contribution in [2.45, 2.75) is 12.5 Å². The molecule has 4 rings (SSSR count). The molecule has 0 bridgehead atoms. The Bertz CT molecular complexity index is 1250. The van der Waals surface area contributed by atoms with Crippen molar-refractivity contribution in [3.05, 3.63) is 68.2 Å². The van der Waals surface area contributed by atoms with Gasteiger partial charge in [0, 0.05) is 12.0 Å². The summed E-state index contributed by atoms with van der Waals surface area (Å²) in [7, 11) is 4.69. The van der Waals surface area contributed by atoms with Gasteiger partial charge in [0.25, 0.3) is 5.56 Å². The number of para-hydroxylation sites is 2. The Morgan fingerprint density at radius 1 is 1.10 bits per heavy atom. The number of methoxy groups -OCH3 is 3. The Kier molecular flexibility index (Phi) is 5.71. The lowest BCUT2D eigenvalue weighted by Gasteiger charge is -2.26. The summed E-state index contributed by atoms with van der Waals surface area (Å²) in [4.78, 5) is 15.7. The molecule has 0 amide bonds. The van der Waals surface area contributed by atoms with E-state index < -0.39 is 11.6 Å². The van der Waals surface area contributed by atoms with E-state index in [-0.39, 0.29) is 16.2 Å². The van der Waals surface area contributed by atoms with Gasteiger partial charge in [0.05, 0.1) is 33.6 Å². The Morgan fingerprint density at radius 2 is 1.77 bits per heavy atom. The Hall–Kier alpha value is -3.30. The fourth-order valence-electron chi connectivity index (χ4n) is 4.11. The van der Waals surface area contributed by atoms with E-state index in [9.17, 15) is 9.90 Å². The van der Waals surface area contributed by atoms with Gasteiger partial charge in [-0.15, -0.1) is 0 Å². The quantitative estimate of drug-likeness (QED) is 0.521. The molecule has 2 heterocycles. The molecule has 9 heteroatoms. The number of hydrogen-bond acceptors (Lipinski definition) is 6. The number of benzene rings is 2. The number of rotatable bonds is 5. The van der Waals surface area contributed by atoms with Crippen LogP contribution in [0.2, 0.25) is 0 Å². The maximum absolute atomic E-state index is 13.0. The number of ether oxygens (including phenoxy) is 3. The van der Waals surface area contributed by atoms with E-state index in [2.05, 4.69) is 4.98 Å². The standard InChI is InChI=1S/C22H23N3O5S/c1-28-15-7-5-4-6-14(15)25-21(27)18(20(26)24-22(25)31)19-13-11-17(30-3)16(29-2)10-12(13)8-9-23-19/h4-7,10-11,19,23,27H,8-9H2,1-3H3,(H,24,26,31)/p+1/t19-/m0/s1. The van der Waals surface area contributed by atoms with Crippen LogP contribution in [0, 0.1) is 4.77 Å². The summed E-state index contributed by atoms with van der Waals surface area (Å²) >= 11 is 5.37. The SMILES string of the molecule is COc1cc2c(cc1OC)[C@@H](c1c(O)n(-c3ccccc3OC)c(=S)[nH]c1=O)[NH2+]CC2. The first kappa shape index (κ1) is 21.0. The monoisotopic (exact) mass is 442 g/mol. The van der Waals surface area contributed by atoms with Crippen LogP contribution in [0.4, 0.5) is 0 Å². The summed E-state index contributed by atoms with van der Waals surface area (Å²) in [6.45, 7) is 0.746. The Labute approximate surface area is 184 Å². The number of nitrogens with two attached hydrogens (primary N) is 1. The van der Waals surface area contributed by atoms with Gasteiger partial charge < -0.3 is 24.6 Å². The maximum Gasteiger partial charge on any atom is 0.265 e. The highest BCUT2D eigenvalue weighted by molar-refractivity contribution is 7.71. The smallest absolute Gasteiger partial charge is 0.265 e. The zero-order valence-corrected chi connectivity index (χ0v) is 18.3. The molecule has 4 N–H and O–H groups in total. The second kappa shape index (κ2) is 8.44. The van der Waals surface area contributed by atoms with Crippen molar-refractivity contribution in [2.24, 2.45) is 0 Å². The van der Waals surface area contributed by atoms with Gasteiger partial charge in [-0.1, -0.05) is 12.1 Å². The number of nitrogens with zero attached hydrogens (tertiary/aromatic N) is 1. The van der Waals surface area contributed by atoms with Crippen molar-refractivity contribution in [1.82, 2.24) is 9.55 Å². The Morgan fingerprint density at radius 3 is 2.48 bits per heavy atom. The van der Waals surface area contributed by atoms with Crippen LogP contribution in [0.1, 0.15) is 22.7 Å². The van der Waals surface area contributed by atoms with Gasteiger partial charge in [0.2, 0.25) is 5.88 Å². The molecule has 0 saturated carbocycles. The predicted molar refractivity (Wildman–Crippen MR) is 117 cm³/mol. The second-order valence-electron chi connectivity index (χ2n) is 7.16. The van der Waals surface area contributed by atoms with E-state index in [1.54, 1.807) is 26.4 Å². The molecule has 1 atom stereocenters. The van der Waals surface area contributed by atoms with Gasteiger partial charge in [-0.25, -0.2) is 0 Å². The molecule has 1 aliphatic rings. The normalized spacial score (nSPS) is 15.3. The summed E-state index contributed by atoms with van der Waals surface area (Å²) in [5.41, 5.74) is 2.24. The minimum atomic E-state index is -0.441. The van der Waals surface area contributed by atoms with Crippen molar-refractivity contribution in [2.75, 3.05) is 27.9 Å². The first-order valence-corrected chi connectivity index (χ1v) is 10.2. The number of nitrogens with one attached hydrogen (secondary N) is 1. The minimum Gasteiger partial charge on any atom is -0.495 e. The summed E-state index contributed by atoms with van der Waals surface area (Å²) in [5.74, 6) is 1.49. The molecule has 31 heavy (non-hydrogen) atoms. The average molecular weight is 443 g/mol. The van der Waals surface area contributed by atoms with Crippen LogP contribution in [-0.2, 0) is 6.42 Å². The van der Waals surface area contributed by atoms with Crippen molar-refractivity contribution in [3.63, 3.8) is 0 Å². The molecule has 0 saturated heterocycles. The largest absolute Gasteiger partial charge is 0.495 e. The number of hydrogen-bond donors (Lipinski definition) is 3. The zero-order valence-electron chi connectivity index (χ0n) is 17.5. The molecule has 162 valence electrons. The number of fused-ring (bicyclic) bond motifs is 1. The molecule has 0 aliphatic carbocycles. The molecule has 0 radical (unpaired) electrons. The molecule has 0 spiro atoms. The van der Waals surface area contributed by atoms with Crippen molar-refractivity contribution in [1.29, 1.82) is 0 Å². The molecule has 3 aromatic rings. The first-order chi connectivity index (χ1) is 15.0. The van der Waals surface area contributed by atoms with Crippen LogP contribution >= 0.6 is 12.2 Å². The predicted octanol–water partition coefficient (Wildman–Crippen LogP) is 1.84. The van der Waals surface area contributed by atoms with Crippen LogP contribution < -0.4 is 25.1 Å².